The molecule has 1 aliphatic carbocycles. The van der Waals surface area contributed by atoms with Gasteiger partial charge in [0.05, 0.1) is 0 Å². The molecule has 1 aromatic carbocycles. The lowest BCUT2D eigenvalue weighted by atomic mass is 10.0. The Morgan fingerprint density at radius 3 is 2.50 bits per heavy atom. The van der Waals surface area contributed by atoms with Crippen molar-refractivity contribution in [2.24, 2.45) is 5.41 Å². The second-order valence-corrected chi connectivity index (χ2v) is 6.09. The smallest absolute Gasteiger partial charge is 0.257 e. The molecule has 1 saturated carbocycles. The molecule has 20 heavy (non-hydrogen) atoms. The molecule has 110 valence electrons. The molecule has 0 spiro atoms. The fourth-order valence-electron chi connectivity index (χ4n) is 2.13. The van der Waals surface area contributed by atoms with E-state index in [-0.39, 0.29) is 9.89 Å². The molecule has 2 rings (SSSR count). The SMILES string of the molecule is COCCC1(CNC(=O)c2c(F)cc(Br)cc2F)CC1. The molecule has 0 unspecified atom stereocenters. The maximum atomic E-state index is 13.6. The number of nitrogens with one attached hydrogen (secondary N) is 1. The summed E-state index contributed by atoms with van der Waals surface area (Å²) in [7, 11) is 1.63. The summed E-state index contributed by atoms with van der Waals surface area (Å²) in [4.78, 5) is 11.9. The Hall–Kier alpha value is -1.01. The van der Waals surface area contributed by atoms with Gasteiger partial charge < -0.3 is 10.1 Å². The fraction of sp³-hybridized carbons (Fsp3) is 0.500. The average molecular weight is 348 g/mol. The summed E-state index contributed by atoms with van der Waals surface area (Å²) >= 11 is 2.98. The third-order valence-electron chi connectivity index (χ3n) is 3.65. The van der Waals surface area contributed by atoms with Crippen molar-refractivity contribution in [3.63, 3.8) is 0 Å². The van der Waals surface area contributed by atoms with Crippen molar-refractivity contribution in [2.45, 2.75) is 19.3 Å². The fourth-order valence-corrected chi connectivity index (χ4v) is 2.53. The van der Waals surface area contributed by atoms with Crippen LogP contribution in [0.4, 0.5) is 8.78 Å². The van der Waals surface area contributed by atoms with Gasteiger partial charge in [-0.25, -0.2) is 8.78 Å². The highest BCUT2D eigenvalue weighted by Crippen LogP contribution is 2.48. The van der Waals surface area contributed by atoms with E-state index in [2.05, 4.69) is 21.2 Å². The second-order valence-electron chi connectivity index (χ2n) is 5.17. The van der Waals surface area contributed by atoms with Gasteiger partial charge in [-0.2, -0.15) is 0 Å². The molecule has 1 fully saturated rings. The number of rotatable bonds is 6. The van der Waals surface area contributed by atoms with Crippen molar-refractivity contribution in [3.05, 3.63) is 33.8 Å². The summed E-state index contributed by atoms with van der Waals surface area (Å²) in [6.07, 6.45) is 2.85. The van der Waals surface area contributed by atoms with Crippen LogP contribution in [0.3, 0.4) is 0 Å². The third-order valence-corrected chi connectivity index (χ3v) is 4.11. The summed E-state index contributed by atoms with van der Waals surface area (Å²) < 4.78 is 32.6. The first-order valence-electron chi connectivity index (χ1n) is 6.39. The molecule has 0 aromatic heterocycles. The predicted octanol–water partition coefficient (Wildman–Crippen LogP) is 3.27. The van der Waals surface area contributed by atoms with Crippen molar-refractivity contribution in [1.29, 1.82) is 0 Å². The zero-order valence-corrected chi connectivity index (χ0v) is 12.7. The highest BCUT2D eigenvalue weighted by atomic mass is 79.9. The first kappa shape index (κ1) is 15.4. The van der Waals surface area contributed by atoms with Crippen LogP contribution in [0.25, 0.3) is 0 Å². The minimum absolute atomic E-state index is 0.0357. The maximum Gasteiger partial charge on any atom is 0.257 e. The summed E-state index contributed by atoms with van der Waals surface area (Å²) in [6.45, 7) is 1.04. The number of methoxy groups -OCH3 is 1. The number of ether oxygens (including phenoxy) is 1. The van der Waals surface area contributed by atoms with E-state index in [9.17, 15) is 13.6 Å². The molecule has 0 heterocycles. The number of benzene rings is 1. The summed E-state index contributed by atoms with van der Waals surface area (Å²) in [5.74, 6) is -2.44. The largest absolute Gasteiger partial charge is 0.385 e. The number of halogens is 3. The Labute approximate surface area is 124 Å². The van der Waals surface area contributed by atoms with Crippen LogP contribution in [0, 0.1) is 17.0 Å². The first-order valence-corrected chi connectivity index (χ1v) is 7.18. The van der Waals surface area contributed by atoms with Crippen molar-refractivity contribution in [1.82, 2.24) is 5.32 Å². The van der Waals surface area contributed by atoms with Gasteiger partial charge in [0, 0.05) is 24.7 Å². The molecule has 6 heteroatoms. The van der Waals surface area contributed by atoms with Gasteiger partial charge in [0.2, 0.25) is 0 Å². The minimum atomic E-state index is -0.865. The van der Waals surface area contributed by atoms with Crippen molar-refractivity contribution < 1.29 is 18.3 Å². The molecule has 0 radical (unpaired) electrons. The average Bonchev–Trinajstić information content (AvgIpc) is 3.13. The van der Waals surface area contributed by atoms with E-state index in [1.807, 2.05) is 0 Å². The van der Waals surface area contributed by atoms with Crippen LogP contribution in [0.15, 0.2) is 16.6 Å². The van der Waals surface area contributed by atoms with E-state index in [1.54, 1.807) is 7.11 Å². The van der Waals surface area contributed by atoms with Crippen LogP contribution in [0.2, 0.25) is 0 Å². The molecule has 0 atom stereocenters. The molecule has 0 bridgehead atoms. The van der Waals surface area contributed by atoms with Crippen LogP contribution in [-0.4, -0.2) is 26.2 Å². The highest BCUT2D eigenvalue weighted by molar-refractivity contribution is 9.10. The van der Waals surface area contributed by atoms with Gasteiger partial charge in [0.1, 0.15) is 17.2 Å². The molecule has 3 nitrogen and oxygen atoms in total. The van der Waals surface area contributed by atoms with Gasteiger partial charge in [0.25, 0.3) is 5.91 Å². The maximum absolute atomic E-state index is 13.6. The number of carbonyl (C=O) groups excluding carboxylic acids is 1. The summed E-state index contributed by atoms with van der Waals surface area (Å²) in [5.41, 5.74) is -0.496. The molecule has 1 aliphatic rings. The standard InChI is InChI=1S/C14H16BrF2NO2/c1-20-5-4-14(2-3-14)8-18-13(19)12-10(16)6-9(15)7-11(12)17/h6-7H,2-5,8H2,1H3,(H,18,19). The van der Waals surface area contributed by atoms with Gasteiger partial charge in [0.15, 0.2) is 0 Å². The van der Waals surface area contributed by atoms with E-state index >= 15 is 0 Å². The molecule has 1 amide bonds. The van der Waals surface area contributed by atoms with Crippen molar-refractivity contribution in [3.8, 4) is 0 Å². The van der Waals surface area contributed by atoms with Crippen molar-refractivity contribution >= 4 is 21.8 Å². The predicted molar refractivity (Wildman–Crippen MR) is 74.6 cm³/mol. The Morgan fingerprint density at radius 2 is 2.00 bits per heavy atom. The van der Waals surface area contributed by atoms with Crippen LogP contribution < -0.4 is 5.32 Å². The normalized spacial score (nSPS) is 16.0. The van der Waals surface area contributed by atoms with Crippen LogP contribution in [0.1, 0.15) is 29.6 Å². The number of hydrogen-bond donors (Lipinski definition) is 1. The lowest BCUT2D eigenvalue weighted by Gasteiger charge is -2.16. The summed E-state index contributed by atoms with van der Waals surface area (Å²) in [5, 5.41) is 2.62. The van der Waals surface area contributed by atoms with Crippen molar-refractivity contribution in [2.75, 3.05) is 20.3 Å². The molecular weight excluding hydrogens is 332 g/mol. The molecule has 1 N–H and O–H groups in total. The zero-order chi connectivity index (χ0) is 14.8. The van der Waals surface area contributed by atoms with Gasteiger partial charge >= 0.3 is 0 Å². The highest BCUT2D eigenvalue weighted by Gasteiger charge is 2.42. The first-order chi connectivity index (χ1) is 9.47. The second kappa shape index (κ2) is 6.18. The number of amides is 1. The Morgan fingerprint density at radius 1 is 1.40 bits per heavy atom. The molecule has 0 saturated heterocycles. The van der Waals surface area contributed by atoms with Gasteiger partial charge in [-0.05, 0) is 36.8 Å². The molecule has 1 aromatic rings. The van der Waals surface area contributed by atoms with E-state index < -0.39 is 23.1 Å². The van der Waals surface area contributed by atoms with Crippen LogP contribution >= 0.6 is 15.9 Å². The topological polar surface area (TPSA) is 38.3 Å². The quantitative estimate of drug-likeness (QED) is 0.857. The molecule has 0 aliphatic heterocycles. The number of hydrogen-bond acceptors (Lipinski definition) is 2. The van der Waals surface area contributed by atoms with Gasteiger partial charge in [-0.3, -0.25) is 4.79 Å². The summed E-state index contributed by atoms with van der Waals surface area (Å²) in [6, 6.07) is 2.16. The van der Waals surface area contributed by atoms with E-state index in [1.165, 1.54) is 0 Å². The van der Waals surface area contributed by atoms with Gasteiger partial charge in [-0.15, -0.1) is 0 Å². The molecular formula is C14H16BrF2NO2. The number of carbonyl (C=O) groups is 1. The van der Waals surface area contributed by atoms with E-state index in [4.69, 9.17) is 4.74 Å². The lowest BCUT2D eigenvalue weighted by molar-refractivity contribution is 0.0929. The minimum Gasteiger partial charge on any atom is -0.385 e. The zero-order valence-electron chi connectivity index (χ0n) is 11.1. The van der Waals surface area contributed by atoms with E-state index in [0.717, 1.165) is 31.4 Å². The lowest BCUT2D eigenvalue weighted by Crippen LogP contribution is -2.32. The Balaban J connectivity index is 1.99. The Kier molecular flexibility index (Phi) is 4.75. The Bertz CT molecular complexity index is 495. The van der Waals surface area contributed by atoms with Gasteiger partial charge in [-0.1, -0.05) is 15.9 Å². The third kappa shape index (κ3) is 3.55. The van der Waals surface area contributed by atoms with Crippen LogP contribution in [-0.2, 0) is 4.74 Å². The monoisotopic (exact) mass is 347 g/mol. The van der Waals surface area contributed by atoms with E-state index in [0.29, 0.717) is 13.2 Å². The van der Waals surface area contributed by atoms with Crippen LogP contribution in [0.5, 0.6) is 0 Å².